The van der Waals surface area contributed by atoms with Crippen LogP contribution in [0.2, 0.25) is 0 Å². The van der Waals surface area contributed by atoms with Crippen LogP contribution in [0, 0.1) is 0 Å². The normalized spacial score (nSPS) is 10.7. The minimum atomic E-state index is 0.0821. The Hall–Kier alpha value is -1.76. The molecule has 0 aliphatic carbocycles. The van der Waals surface area contributed by atoms with Crippen LogP contribution in [0.3, 0.4) is 0 Å². The molecule has 1 heterocycles. The van der Waals surface area contributed by atoms with E-state index in [0.29, 0.717) is 19.1 Å². The van der Waals surface area contributed by atoms with E-state index in [1.54, 1.807) is 0 Å². The molecular formula is C14H19BrN4O2. The van der Waals surface area contributed by atoms with E-state index in [4.69, 9.17) is 9.47 Å². The molecule has 2 aromatic rings. The maximum Gasteiger partial charge on any atom is 0.218 e. The molecule has 0 saturated carbocycles. The fourth-order valence-corrected chi connectivity index (χ4v) is 2.40. The number of hydrogen-bond donors (Lipinski definition) is 2. The van der Waals surface area contributed by atoms with Gasteiger partial charge in [0.15, 0.2) is 11.5 Å². The highest BCUT2D eigenvalue weighted by Crippen LogP contribution is 2.37. The molecule has 0 radical (unpaired) electrons. The van der Waals surface area contributed by atoms with Gasteiger partial charge >= 0.3 is 0 Å². The van der Waals surface area contributed by atoms with E-state index in [0.717, 1.165) is 21.5 Å². The van der Waals surface area contributed by atoms with E-state index >= 15 is 0 Å². The minimum absolute atomic E-state index is 0.0821. The van der Waals surface area contributed by atoms with Gasteiger partial charge in [-0.2, -0.15) is 5.10 Å². The van der Waals surface area contributed by atoms with Gasteiger partial charge in [-0.3, -0.25) is 0 Å². The zero-order valence-corrected chi connectivity index (χ0v) is 13.9. The predicted octanol–water partition coefficient (Wildman–Crippen LogP) is 3.37. The molecule has 0 unspecified atom stereocenters. The lowest BCUT2D eigenvalue weighted by atomic mass is 10.2. The summed E-state index contributed by atoms with van der Waals surface area (Å²) in [5, 5.41) is 9.70. The maximum atomic E-state index is 5.81. The van der Waals surface area contributed by atoms with E-state index in [-0.39, 0.29) is 6.10 Å². The largest absolute Gasteiger partial charge is 0.490 e. The van der Waals surface area contributed by atoms with Crippen LogP contribution in [-0.2, 0) is 6.54 Å². The van der Waals surface area contributed by atoms with Crippen LogP contribution in [0.4, 0.5) is 5.95 Å². The molecule has 21 heavy (non-hydrogen) atoms. The molecule has 2 N–H and O–H groups in total. The highest BCUT2D eigenvalue weighted by atomic mass is 79.9. The first-order chi connectivity index (χ1) is 10.1. The van der Waals surface area contributed by atoms with Crippen molar-refractivity contribution in [2.24, 2.45) is 0 Å². The Kier molecular flexibility index (Phi) is 5.44. The summed E-state index contributed by atoms with van der Waals surface area (Å²) >= 11 is 3.55. The summed E-state index contributed by atoms with van der Waals surface area (Å²) in [4.78, 5) is 4.02. The average molecular weight is 355 g/mol. The number of H-pyrrole nitrogens is 1. The van der Waals surface area contributed by atoms with Gasteiger partial charge in [-0.15, -0.1) is 0 Å². The average Bonchev–Trinajstić information content (AvgIpc) is 2.93. The summed E-state index contributed by atoms with van der Waals surface area (Å²) in [5.74, 6) is 2.09. The third-order valence-corrected chi connectivity index (χ3v) is 3.19. The van der Waals surface area contributed by atoms with Gasteiger partial charge in [0.25, 0.3) is 0 Å². The van der Waals surface area contributed by atoms with Crippen molar-refractivity contribution in [3.8, 4) is 11.5 Å². The number of rotatable bonds is 7. The summed E-state index contributed by atoms with van der Waals surface area (Å²) in [6.45, 7) is 7.12. The molecule has 0 spiro atoms. The van der Waals surface area contributed by atoms with Gasteiger partial charge in [0.05, 0.1) is 17.2 Å². The summed E-state index contributed by atoms with van der Waals surface area (Å²) in [5.41, 5.74) is 1.05. The van der Waals surface area contributed by atoms with Gasteiger partial charge in [0.2, 0.25) is 5.95 Å². The molecule has 0 bridgehead atoms. The molecule has 7 heteroatoms. The number of nitrogens with one attached hydrogen (secondary N) is 2. The lowest BCUT2D eigenvalue weighted by molar-refractivity contribution is 0.222. The Morgan fingerprint density at radius 1 is 1.38 bits per heavy atom. The van der Waals surface area contributed by atoms with Crippen LogP contribution in [0.25, 0.3) is 0 Å². The molecule has 0 aliphatic heterocycles. The van der Waals surface area contributed by atoms with E-state index in [1.807, 2.05) is 32.9 Å². The van der Waals surface area contributed by atoms with Crippen molar-refractivity contribution in [3.63, 3.8) is 0 Å². The second-order valence-corrected chi connectivity index (χ2v) is 5.55. The first-order valence-electron chi connectivity index (χ1n) is 6.81. The van der Waals surface area contributed by atoms with Crippen LogP contribution >= 0.6 is 15.9 Å². The molecule has 0 atom stereocenters. The lowest BCUT2D eigenvalue weighted by Gasteiger charge is -2.17. The molecule has 1 aromatic carbocycles. The van der Waals surface area contributed by atoms with E-state index in [9.17, 15) is 0 Å². The fraction of sp³-hybridized carbons (Fsp3) is 0.429. The number of benzene rings is 1. The van der Waals surface area contributed by atoms with Gasteiger partial charge in [-0.25, -0.2) is 10.1 Å². The highest BCUT2D eigenvalue weighted by molar-refractivity contribution is 9.10. The fourth-order valence-electron chi connectivity index (χ4n) is 1.81. The quantitative estimate of drug-likeness (QED) is 0.797. The van der Waals surface area contributed by atoms with Gasteiger partial charge < -0.3 is 14.8 Å². The molecule has 0 fully saturated rings. The Balaban J connectivity index is 2.18. The van der Waals surface area contributed by atoms with Gasteiger partial charge in [-0.1, -0.05) is 0 Å². The monoisotopic (exact) mass is 354 g/mol. The summed E-state index contributed by atoms with van der Waals surface area (Å²) in [6.07, 6.45) is 1.54. The number of aromatic amines is 1. The van der Waals surface area contributed by atoms with Crippen molar-refractivity contribution < 1.29 is 9.47 Å². The Labute approximate surface area is 132 Å². The van der Waals surface area contributed by atoms with Crippen molar-refractivity contribution in [1.29, 1.82) is 0 Å². The summed E-state index contributed by atoms with van der Waals surface area (Å²) < 4.78 is 12.4. The predicted molar refractivity (Wildman–Crippen MR) is 84.8 cm³/mol. The molecule has 0 aliphatic rings. The maximum absolute atomic E-state index is 5.81. The SMILES string of the molecule is CCOc1cc(CNc2ncn[nH]2)cc(Br)c1OC(C)C. The van der Waals surface area contributed by atoms with Crippen molar-refractivity contribution in [1.82, 2.24) is 15.2 Å². The number of hydrogen-bond acceptors (Lipinski definition) is 5. The number of halogens is 1. The molecule has 0 saturated heterocycles. The summed E-state index contributed by atoms with van der Waals surface area (Å²) in [6, 6.07) is 3.97. The van der Waals surface area contributed by atoms with Gasteiger partial charge in [0, 0.05) is 6.54 Å². The van der Waals surface area contributed by atoms with Crippen LogP contribution in [-0.4, -0.2) is 27.9 Å². The summed E-state index contributed by atoms with van der Waals surface area (Å²) in [7, 11) is 0. The van der Waals surface area contributed by atoms with Crippen molar-refractivity contribution in [2.45, 2.75) is 33.4 Å². The molecule has 6 nitrogen and oxygen atoms in total. The van der Waals surface area contributed by atoms with E-state index in [1.165, 1.54) is 6.33 Å². The first-order valence-corrected chi connectivity index (χ1v) is 7.60. The zero-order chi connectivity index (χ0) is 15.2. The zero-order valence-electron chi connectivity index (χ0n) is 12.3. The number of ether oxygens (including phenoxy) is 2. The van der Waals surface area contributed by atoms with Crippen LogP contribution in [0.1, 0.15) is 26.3 Å². The highest BCUT2D eigenvalue weighted by Gasteiger charge is 2.13. The molecular weight excluding hydrogens is 336 g/mol. The third kappa shape index (κ3) is 4.35. The smallest absolute Gasteiger partial charge is 0.218 e. The molecule has 0 amide bonds. The Morgan fingerprint density at radius 3 is 2.81 bits per heavy atom. The third-order valence-electron chi connectivity index (χ3n) is 2.60. The van der Waals surface area contributed by atoms with E-state index in [2.05, 4.69) is 36.4 Å². The molecule has 114 valence electrons. The number of anilines is 1. The van der Waals surface area contributed by atoms with Crippen molar-refractivity contribution >= 4 is 21.9 Å². The number of nitrogens with zero attached hydrogens (tertiary/aromatic N) is 2. The Bertz CT molecular complexity index is 573. The van der Waals surface area contributed by atoms with E-state index < -0.39 is 0 Å². The van der Waals surface area contributed by atoms with Crippen LogP contribution < -0.4 is 14.8 Å². The number of aromatic nitrogens is 3. The second kappa shape index (κ2) is 7.31. The lowest BCUT2D eigenvalue weighted by Crippen LogP contribution is -2.09. The first kappa shape index (κ1) is 15.6. The minimum Gasteiger partial charge on any atom is -0.490 e. The standard InChI is InChI=1S/C14H19BrN4O2/c1-4-20-12-6-10(7-16-14-17-8-18-19-14)5-11(15)13(12)21-9(2)3/h5-6,8-9H,4,7H2,1-3H3,(H2,16,17,18,19). The van der Waals surface area contributed by atoms with Gasteiger partial charge in [-0.05, 0) is 54.4 Å². The molecule has 2 rings (SSSR count). The van der Waals surface area contributed by atoms with Crippen LogP contribution in [0.15, 0.2) is 22.9 Å². The van der Waals surface area contributed by atoms with Crippen molar-refractivity contribution in [3.05, 3.63) is 28.5 Å². The van der Waals surface area contributed by atoms with Gasteiger partial charge in [0.1, 0.15) is 6.33 Å². The van der Waals surface area contributed by atoms with Crippen LogP contribution in [0.5, 0.6) is 11.5 Å². The Morgan fingerprint density at radius 2 is 2.19 bits per heavy atom. The second-order valence-electron chi connectivity index (χ2n) is 4.69. The molecule has 1 aromatic heterocycles. The van der Waals surface area contributed by atoms with Crippen molar-refractivity contribution in [2.75, 3.05) is 11.9 Å². The topological polar surface area (TPSA) is 72.1 Å².